The summed E-state index contributed by atoms with van der Waals surface area (Å²) in [5, 5.41) is 6.36. The molecule has 2 saturated heterocycles. The fourth-order valence-electron chi connectivity index (χ4n) is 2.85. The summed E-state index contributed by atoms with van der Waals surface area (Å²) in [5.41, 5.74) is -0.401. The summed E-state index contributed by atoms with van der Waals surface area (Å²) in [6.45, 7) is 4.90. The van der Waals surface area contributed by atoms with Gasteiger partial charge < -0.3 is 20.1 Å². The molecule has 3 unspecified atom stereocenters. The summed E-state index contributed by atoms with van der Waals surface area (Å²) in [7, 11) is 1.65. The Hall–Kier alpha value is -0.650. The lowest BCUT2D eigenvalue weighted by Crippen LogP contribution is -2.51. The molecule has 0 spiro atoms. The van der Waals surface area contributed by atoms with E-state index in [0.717, 1.165) is 32.4 Å². The maximum atomic E-state index is 12.4. The number of carbonyl (C=O) groups is 1. The van der Waals surface area contributed by atoms with Gasteiger partial charge in [0.05, 0.1) is 24.2 Å². The molecule has 3 atom stereocenters. The monoisotopic (exact) mass is 256 g/mol. The zero-order chi connectivity index (χ0) is 13.0. The van der Waals surface area contributed by atoms with E-state index in [1.54, 1.807) is 7.11 Å². The first kappa shape index (κ1) is 13.8. The number of hydrogen-bond acceptors (Lipinski definition) is 4. The first-order valence-electron chi connectivity index (χ1n) is 6.80. The summed E-state index contributed by atoms with van der Waals surface area (Å²) in [6.07, 6.45) is 3.14. The quantitative estimate of drug-likeness (QED) is 0.742. The standard InChI is InChI=1S/C13H24N2O3/c1-10(11-4-3-7-18-11)15-12(16)13(9-17-2)5-6-14-8-13/h10-11,14H,3-9H2,1-2H3,(H,15,16). The molecule has 18 heavy (non-hydrogen) atoms. The molecular weight excluding hydrogens is 232 g/mol. The number of amides is 1. The Balaban J connectivity index is 1.92. The van der Waals surface area contributed by atoms with Gasteiger partial charge >= 0.3 is 0 Å². The Morgan fingerprint density at radius 1 is 1.67 bits per heavy atom. The van der Waals surface area contributed by atoms with Crippen LogP contribution in [-0.4, -0.2) is 51.5 Å². The van der Waals surface area contributed by atoms with Crippen LogP contribution in [-0.2, 0) is 14.3 Å². The second-order valence-corrected chi connectivity index (χ2v) is 5.45. The molecule has 5 heteroatoms. The highest BCUT2D eigenvalue weighted by molar-refractivity contribution is 5.83. The topological polar surface area (TPSA) is 59.6 Å². The fraction of sp³-hybridized carbons (Fsp3) is 0.923. The van der Waals surface area contributed by atoms with E-state index in [1.165, 1.54) is 0 Å². The molecule has 0 bridgehead atoms. The van der Waals surface area contributed by atoms with Crippen LogP contribution in [0.5, 0.6) is 0 Å². The Labute approximate surface area is 109 Å². The molecule has 0 aliphatic carbocycles. The molecule has 2 fully saturated rings. The number of hydrogen-bond donors (Lipinski definition) is 2. The summed E-state index contributed by atoms with van der Waals surface area (Å²) in [5.74, 6) is 0.0948. The first-order chi connectivity index (χ1) is 8.68. The lowest BCUT2D eigenvalue weighted by Gasteiger charge is -2.29. The number of carbonyl (C=O) groups excluding carboxylic acids is 1. The SMILES string of the molecule is COCC1(C(=O)NC(C)C2CCCO2)CCNC1. The van der Waals surface area contributed by atoms with Gasteiger partial charge in [-0.2, -0.15) is 0 Å². The smallest absolute Gasteiger partial charge is 0.230 e. The summed E-state index contributed by atoms with van der Waals surface area (Å²) >= 11 is 0. The maximum Gasteiger partial charge on any atom is 0.230 e. The molecule has 104 valence electrons. The normalized spacial score (nSPS) is 33.6. The maximum absolute atomic E-state index is 12.4. The third-order valence-corrected chi connectivity index (χ3v) is 4.03. The van der Waals surface area contributed by atoms with Gasteiger partial charge in [0.2, 0.25) is 5.91 Å². The van der Waals surface area contributed by atoms with Gasteiger partial charge in [-0.25, -0.2) is 0 Å². The van der Waals surface area contributed by atoms with Crippen LogP contribution in [0, 0.1) is 5.41 Å². The molecule has 0 aromatic rings. The van der Waals surface area contributed by atoms with E-state index in [1.807, 2.05) is 6.92 Å². The van der Waals surface area contributed by atoms with Gasteiger partial charge in [0, 0.05) is 20.3 Å². The summed E-state index contributed by atoms with van der Waals surface area (Å²) < 4.78 is 10.8. The van der Waals surface area contributed by atoms with Gasteiger partial charge in [0.1, 0.15) is 0 Å². The zero-order valence-electron chi connectivity index (χ0n) is 11.3. The van der Waals surface area contributed by atoms with Crippen molar-refractivity contribution < 1.29 is 14.3 Å². The van der Waals surface area contributed by atoms with Crippen LogP contribution in [0.2, 0.25) is 0 Å². The van der Waals surface area contributed by atoms with Crippen molar-refractivity contribution in [2.75, 3.05) is 33.4 Å². The van der Waals surface area contributed by atoms with Gasteiger partial charge in [-0.05, 0) is 32.7 Å². The van der Waals surface area contributed by atoms with Crippen LogP contribution in [0.25, 0.3) is 0 Å². The minimum atomic E-state index is -0.401. The zero-order valence-corrected chi connectivity index (χ0v) is 11.3. The van der Waals surface area contributed by atoms with Gasteiger partial charge in [0.15, 0.2) is 0 Å². The van der Waals surface area contributed by atoms with Crippen molar-refractivity contribution in [1.29, 1.82) is 0 Å². The van der Waals surface area contributed by atoms with Gasteiger partial charge in [-0.15, -0.1) is 0 Å². The van der Waals surface area contributed by atoms with E-state index in [4.69, 9.17) is 9.47 Å². The largest absolute Gasteiger partial charge is 0.384 e. The fourth-order valence-corrected chi connectivity index (χ4v) is 2.85. The molecule has 5 nitrogen and oxygen atoms in total. The molecule has 2 N–H and O–H groups in total. The van der Waals surface area contributed by atoms with Crippen LogP contribution >= 0.6 is 0 Å². The minimum Gasteiger partial charge on any atom is -0.384 e. The van der Waals surface area contributed by atoms with Crippen molar-refractivity contribution in [2.24, 2.45) is 5.41 Å². The van der Waals surface area contributed by atoms with Gasteiger partial charge in [-0.3, -0.25) is 4.79 Å². The highest BCUT2D eigenvalue weighted by Crippen LogP contribution is 2.27. The van der Waals surface area contributed by atoms with Crippen molar-refractivity contribution in [2.45, 2.75) is 38.3 Å². The lowest BCUT2D eigenvalue weighted by molar-refractivity contribution is -0.134. The van der Waals surface area contributed by atoms with E-state index in [0.29, 0.717) is 13.2 Å². The molecule has 2 aliphatic heterocycles. The Morgan fingerprint density at radius 2 is 2.50 bits per heavy atom. The molecule has 2 rings (SSSR count). The predicted molar refractivity (Wildman–Crippen MR) is 68.4 cm³/mol. The number of nitrogens with one attached hydrogen (secondary N) is 2. The van der Waals surface area contributed by atoms with E-state index < -0.39 is 5.41 Å². The number of ether oxygens (including phenoxy) is 2. The number of methoxy groups -OCH3 is 1. The Morgan fingerprint density at radius 3 is 3.06 bits per heavy atom. The average Bonchev–Trinajstić information content (AvgIpc) is 3.00. The van der Waals surface area contributed by atoms with Crippen molar-refractivity contribution in [1.82, 2.24) is 10.6 Å². The van der Waals surface area contributed by atoms with Crippen LogP contribution in [0.1, 0.15) is 26.2 Å². The third-order valence-electron chi connectivity index (χ3n) is 4.03. The van der Waals surface area contributed by atoms with Crippen LogP contribution in [0.3, 0.4) is 0 Å². The average molecular weight is 256 g/mol. The second kappa shape index (κ2) is 5.99. The second-order valence-electron chi connectivity index (χ2n) is 5.45. The molecule has 2 heterocycles. The van der Waals surface area contributed by atoms with Crippen molar-refractivity contribution in [3.05, 3.63) is 0 Å². The molecule has 0 saturated carbocycles. The highest BCUT2D eigenvalue weighted by atomic mass is 16.5. The van der Waals surface area contributed by atoms with Crippen molar-refractivity contribution >= 4 is 5.91 Å². The molecule has 1 amide bonds. The minimum absolute atomic E-state index is 0.0781. The molecule has 0 aromatic heterocycles. The van der Waals surface area contributed by atoms with Crippen LogP contribution in [0.4, 0.5) is 0 Å². The molecule has 2 aliphatic rings. The van der Waals surface area contributed by atoms with E-state index in [2.05, 4.69) is 10.6 Å². The Bertz CT molecular complexity index is 284. The third kappa shape index (κ3) is 2.84. The van der Waals surface area contributed by atoms with E-state index >= 15 is 0 Å². The van der Waals surface area contributed by atoms with Crippen molar-refractivity contribution in [3.8, 4) is 0 Å². The first-order valence-corrected chi connectivity index (χ1v) is 6.80. The highest BCUT2D eigenvalue weighted by Gasteiger charge is 2.42. The van der Waals surface area contributed by atoms with Gasteiger partial charge in [-0.1, -0.05) is 0 Å². The number of rotatable bonds is 5. The van der Waals surface area contributed by atoms with E-state index in [9.17, 15) is 4.79 Å². The predicted octanol–water partition coefficient (Wildman–Crippen LogP) is 0.296. The summed E-state index contributed by atoms with van der Waals surface area (Å²) in [6, 6.07) is 0.0781. The van der Waals surface area contributed by atoms with Crippen molar-refractivity contribution in [3.63, 3.8) is 0 Å². The molecular formula is C13H24N2O3. The molecule has 0 radical (unpaired) electrons. The molecule has 0 aromatic carbocycles. The van der Waals surface area contributed by atoms with E-state index in [-0.39, 0.29) is 18.1 Å². The lowest BCUT2D eigenvalue weighted by atomic mass is 9.86. The Kier molecular flexibility index (Phi) is 4.59. The summed E-state index contributed by atoms with van der Waals surface area (Å²) in [4.78, 5) is 12.4. The van der Waals surface area contributed by atoms with Gasteiger partial charge in [0.25, 0.3) is 0 Å². The van der Waals surface area contributed by atoms with Crippen LogP contribution in [0.15, 0.2) is 0 Å². The van der Waals surface area contributed by atoms with Crippen LogP contribution < -0.4 is 10.6 Å².